The summed E-state index contributed by atoms with van der Waals surface area (Å²) in [6.45, 7) is 8.75. The molecule has 0 fully saturated rings. The lowest BCUT2D eigenvalue weighted by atomic mass is 9.59. The van der Waals surface area contributed by atoms with Gasteiger partial charge in [0.15, 0.2) is 5.78 Å². The number of carbonyl (C=O) groups excluding carboxylic acids is 1. The molecule has 1 atom stereocenters. The number of thiazole rings is 1. The fourth-order valence-corrected chi connectivity index (χ4v) is 5.96. The maximum absolute atomic E-state index is 13.3. The normalized spacial score (nSPS) is 24.9. The molecule has 0 bridgehead atoms. The van der Waals surface area contributed by atoms with E-state index in [2.05, 4.69) is 56.9 Å². The monoisotopic (exact) mass is 351 g/mol. The van der Waals surface area contributed by atoms with Crippen LogP contribution in [0, 0.1) is 12.3 Å². The van der Waals surface area contributed by atoms with Crippen molar-refractivity contribution >= 4 is 17.1 Å². The van der Waals surface area contributed by atoms with Crippen LogP contribution in [0.1, 0.15) is 61.7 Å². The topological polar surface area (TPSA) is 30.0 Å². The molecular formula is C22H25NOS. The minimum absolute atomic E-state index is 0.0518. The number of nitrogens with zero attached hydrogens (tertiary/aromatic N) is 1. The first-order valence-corrected chi connectivity index (χ1v) is 10.0. The van der Waals surface area contributed by atoms with Crippen LogP contribution >= 0.6 is 11.3 Å². The summed E-state index contributed by atoms with van der Waals surface area (Å²) >= 11 is 1.72. The number of benzene rings is 1. The minimum Gasteiger partial charge on any atom is -0.294 e. The van der Waals surface area contributed by atoms with Gasteiger partial charge in [0.25, 0.3) is 0 Å². The summed E-state index contributed by atoms with van der Waals surface area (Å²) in [4.78, 5) is 19.3. The first kappa shape index (κ1) is 16.7. The van der Waals surface area contributed by atoms with E-state index in [0.717, 1.165) is 24.8 Å². The molecule has 2 aliphatic rings. The molecule has 0 amide bonds. The molecule has 1 heterocycles. The van der Waals surface area contributed by atoms with Gasteiger partial charge in [0.2, 0.25) is 0 Å². The third kappa shape index (κ3) is 2.43. The summed E-state index contributed by atoms with van der Waals surface area (Å²) in [5.41, 5.74) is 7.76. The third-order valence-corrected chi connectivity index (χ3v) is 6.91. The molecule has 0 spiro atoms. The lowest BCUT2D eigenvalue weighted by Gasteiger charge is -2.44. The maximum Gasteiger partial charge on any atom is 0.160 e. The zero-order valence-corrected chi connectivity index (χ0v) is 16.3. The molecule has 1 aromatic carbocycles. The van der Waals surface area contributed by atoms with Gasteiger partial charge < -0.3 is 0 Å². The van der Waals surface area contributed by atoms with Crippen molar-refractivity contribution in [3.63, 3.8) is 0 Å². The standard InChI is InChI=1S/C22H25NOS/c1-5-22(16-8-6-14(2)7-9-16)19-15(10-17-20(22)25-13-23-17)11-21(3,4)12-18(19)24/h6-9,13H,5,10-12H2,1-4H3/t22-/m1/s1. The number of Topliss-reactive ketones (excluding diaryl/α,β-unsaturated/α-hetero) is 1. The highest BCUT2D eigenvalue weighted by Gasteiger charge is 2.49. The largest absolute Gasteiger partial charge is 0.294 e. The molecule has 130 valence electrons. The molecule has 0 radical (unpaired) electrons. The molecule has 0 aliphatic heterocycles. The first-order valence-electron chi connectivity index (χ1n) is 9.13. The van der Waals surface area contributed by atoms with Gasteiger partial charge in [-0.2, -0.15) is 0 Å². The third-order valence-electron chi connectivity index (χ3n) is 5.87. The van der Waals surface area contributed by atoms with Crippen LogP contribution in [-0.2, 0) is 16.6 Å². The van der Waals surface area contributed by atoms with E-state index in [1.165, 1.54) is 27.3 Å². The van der Waals surface area contributed by atoms with Crippen molar-refractivity contribution in [2.75, 3.05) is 0 Å². The lowest BCUT2D eigenvalue weighted by molar-refractivity contribution is -0.118. The second kappa shape index (κ2) is 5.63. The van der Waals surface area contributed by atoms with Crippen LogP contribution in [0.15, 0.2) is 40.9 Å². The minimum atomic E-state index is -0.314. The number of allylic oxidation sites excluding steroid dienone is 2. The fourth-order valence-electron chi connectivity index (χ4n) is 4.85. The highest BCUT2D eigenvalue weighted by atomic mass is 32.1. The quantitative estimate of drug-likeness (QED) is 0.726. The average molecular weight is 352 g/mol. The molecule has 3 heteroatoms. The van der Waals surface area contributed by atoms with Crippen LogP contribution in [0.5, 0.6) is 0 Å². The van der Waals surface area contributed by atoms with Crippen LogP contribution in [0.3, 0.4) is 0 Å². The molecular weight excluding hydrogens is 326 g/mol. The van der Waals surface area contributed by atoms with Crippen LogP contribution < -0.4 is 0 Å². The van der Waals surface area contributed by atoms with Gasteiger partial charge in [-0.15, -0.1) is 11.3 Å². The summed E-state index contributed by atoms with van der Waals surface area (Å²) in [7, 11) is 0. The van der Waals surface area contributed by atoms with E-state index in [0.29, 0.717) is 12.2 Å². The van der Waals surface area contributed by atoms with Gasteiger partial charge in [0.05, 0.1) is 16.6 Å². The first-order chi connectivity index (χ1) is 11.9. The van der Waals surface area contributed by atoms with Gasteiger partial charge >= 0.3 is 0 Å². The van der Waals surface area contributed by atoms with E-state index in [9.17, 15) is 4.79 Å². The highest BCUT2D eigenvalue weighted by Crippen LogP contribution is 2.54. The Labute approximate surface area is 154 Å². The highest BCUT2D eigenvalue weighted by molar-refractivity contribution is 7.10. The second-order valence-electron chi connectivity index (χ2n) is 8.35. The Morgan fingerprint density at radius 3 is 2.56 bits per heavy atom. The van der Waals surface area contributed by atoms with Gasteiger partial charge in [-0.05, 0) is 30.7 Å². The molecule has 1 aromatic heterocycles. The Morgan fingerprint density at radius 1 is 1.16 bits per heavy atom. The van der Waals surface area contributed by atoms with E-state index in [4.69, 9.17) is 0 Å². The van der Waals surface area contributed by atoms with Crippen LogP contribution in [-0.4, -0.2) is 10.8 Å². The van der Waals surface area contributed by atoms with Crippen LogP contribution in [0.25, 0.3) is 0 Å². The van der Waals surface area contributed by atoms with Gasteiger partial charge in [0.1, 0.15) is 0 Å². The summed E-state index contributed by atoms with van der Waals surface area (Å²) in [6.07, 6.45) is 3.39. The molecule has 2 nitrogen and oxygen atoms in total. The molecule has 0 saturated carbocycles. The Morgan fingerprint density at radius 2 is 1.88 bits per heavy atom. The van der Waals surface area contributed by atoms with Crippen LogP contribution in [0.2, 0.25) is 0 Å². The van der Waals surface area contributed by atoms with Crippen molar-refractivity contribution < 1.29 is 4.79 Å². The Kier molecular flexibility index (Phi) is 3.77. The molecule has 0 N–H and O–H groups in total. The van der Waals surface area contributed by atoms with Gasteiger partial charge in [-0.3, -0.25) is 4.79 Å². The molecule has 2 aromatic rings. The molecule has 4 rings (SSSR count). The van der Waals surface area contributed by atoms with E-state index in [1.807, 2.05) is 5.51 Å². The zero-order valence-electron chi connectivity index (χ0n) is 15.5. The average Bonchev–Trinajstić information content (AvgIpc) is 3.01. The van der Waals surface area contributed by atoms with Gasteiger partial charge in [-0.1, -0.05) is 56.2 Å². The number of fused-ring (bicyclic) bond motifs is 1. The van der Waals surface area contributed by atoms with Crippen molar-refractivity contribution in [3.05, 3.63) is 62.6 Å². The maximum atomic E-state index is 13.3. The van der Waals surface area contributed by atoms with Crippen molar-refractivity contribution in [1.29, 1.82) is 0 Å². The number of ketones is 1. The smallest absolute Gasteiger partial charge is 0.160 e. The van der Waals surface area contributed by atoms with E-state index >= 15 is 0 Å². The number of carbonyl (C=O) groups is 1. The molecule has 0 saturated heterocycles. The predicted molar refractivity (Wildman–Crippen MR) is 103 cm³/mol. The lowest BCUT2D eigenvalue weighted by Crippen LogP contribution is -2.42. The number of aromatic nitrogens is 1. The number of rotatable bonds is 2. The molecule has 2 aliphatic carbocycles. The van der Waals surface area contributed by atoms with Gasteiger partial charge in [-0.25, -0.2) is 4.98 Å². The Hall–Kier alpha value is -1.74. The number of aryl methyl sites for hydroxylation is 1. The number of hydrogen-bond donors (Lipinski definition) is 0. The van der Waals surface area contributed by atoms with Crippen molar-refractivity contribution in [2.45, 2.75) is 58.8 Å². The Balaban J connectivity index is 2.01. The van der Waals surface area contributed by atoms with Crippen molar-refractivity contribution in [3.8, 4) is 0 Å². The predicted octanol–water partition coefficient (Wildman–Crippen LogP) is 5.39. The molecule has 0 unspecified atom stereocenters. The van der Waals surface area contributed by atoms with Crippen molar-refractivity contribution in [2.24, 2.45) is 5.41 Å². The van der Waals surface area contributed by atoms with Crippen molar-refractivity contribution in [1.82, 2.24) is 4.98 Å². The molecule has 25 heavy (non-hydrogen) atoms. The fraction of sp³-hybridized carbons (Fsp3) is 0.455. The van der Waals surface area contributed by atoms with E-state index in [-0.39, 0.29) is 10.8 Å². The second-order valence-corrected chi connectivity index (χ2v) is 9.20. The zero-order chi connectivity index (χ0) is 17.8. The number of hydrogen-bond acceptors (Lipinski definition) is 3. The SMILES string of the molecule is CC[C@@]1(c2ccc(C)cc2)C2=C(Cc3ncsc31)CC(C)(C)CC2=O. The van der Waals surface area contributed by atoms with E-state index < -0.39 is 0 Å². The summed E-state index contributed by atoms with van der Waals surface area (Å²) < 4.78 is 0. The van der Waals surface area contributed by atoms with E-state index in [1.54, 1.807) is 11.3 Å². The summed E-state index contributed by atoms with van der Waals surface area (Å²) in [6, 6.07) is 8.76. The Bertz CT molecular complexity index is 872. The summed E-state index contributed by atoms with van der Waals surface area (Å²) in [5.74, 6) is 0.340. The van der Waals surface area contributed by atoms with Gasteiger partial charge in [0, 0.05) is 23.3 Å². The summed E-state index contributed by atoms with van der Waals surface area (Å²) in [5, 5.41) is 0. The van der Waals surface area contributed by atoms with Crippen LogP contribution in [0.4, 0.5) is 0 Å².